The van der Waals surface area contributed by atoms with Crippen LogP contribution in [-0.2, 0) is 0 Å². The van der Waals surface area contributed by atoms with E-state index >= 15 is 0 Å². The van der Waals surface area contributed by atoms with Crippen molar-refractivity contribution in [3.63, 3.8) is 0 Å². The monoisotopic (exact) mass is 862 g/mol. The number of rotatable bonds is 2. The van der Waals surface area contributed by atoms with Crippen molar-refractivity contribution in [3.8, 4) is 51.3 Å². The van der Waals surface area contributed by atoms with Crippen LogP contribution in [0.4, 0.5) is 0 Å². The van der Waals surface area contributed by atoms with Gasteiger partial charge in [0, 0.05) is 83.0 Å². The summed E-state index contributed by atoms with van der Waals surface area (Å²) < 4.78 is 1.60. The molecule has 0 saturated heterocycles. The lowest BCUT2D eigenvalue weighted by atomic mass is 10.1. The van der Waals surface area contributed by atoms with E-state index in [0.29, 0.717) is 113 Å². The number of hydrogen-bond acceptors (Lipinski definition) is 15. The van der Waals surface area contributed by atoms with Crippen LogP contribution < -0.4 is 4.84 Å². The summed E-state index contributed by atoms with van der Waals surface area (Å²) in [6, 6.07) is 25.0. The maximum Gasteiger partial charge on any atom is 0.181 e. The minimum absolute atomic E-state index is 0.291. The number of thiol groups is 8. The lowest BCUT2D eigenvalue weighted by Crippen LogP contribution is -2.06. The minimum atomic E-state index is 0.291. The second-order valence-electron chi connectivity index (χ2n) is 12.5. The van der Waals surface area contributed by atoms with Crippen molar-refractivity contribution in [2.45, 2.75) is 39.2 Å². The standard InChI is InChI=1S/C38H22N8OS8/c48-23-19-20(24(49)28(53)27(23)52)34-41-33(19)40-31-15-10-4-5-11-16(15)32(39-31)44-37-17-12-6-7-13-18(17)38(46(37)47-14-8-2-1-3-9-14)45-36-22-21(35(42-34)43-36)25(50)29(54)30(55)26(22)51/h1-13,48-55H,(H,39,40,41,42,43,44,45). The summed E-state index contributed by atoms with van der Waals surface area (Å²) in [6.45, 7) is 0. The normalized spacial score (nSPS) is 12.0. The summed E-state index contributed by atoms with van der Waals surface area (Å²) in [6.07, 6.45) is 0. The van der Waals surface area contributed by atoms with Crippen LogP contribution in [0.1, 0.15) is 0 Å². The van der Waals surface area contributed by atoms with Crippen molar-refractivity contribution in [2.24, 2.45) is 0 Å². The fraction of sp³-hybridized carbons (Fsp3) is 0. The van der Waals surface area contributed by atoms with Gasteiger partial charge in [-0.2, -0.15) is 0 Å². The molecule has 2 aliphatic rings. The van der Waals surface area contributed by atoms with Crippen LogP contribution in [0.5, 0.6) is 5.75 Å². The third-order valence-electron chi connectivity index (χ3n) is 9.38. The number of para-hydroxylation sites is 1. The van der Waals surface area contributed by atoms with Gasteiger partial charge in [0.15, 0.2) is 40.3 Å². The molecule has 0 saturated carbocycles. The zero-order valence-electron chi connectivity index (χ0n) is 27.6. The van der Waals surface area contributed by atoms with E-state index in [0.717, 1.165) is 21.9 Å². The molecule has 0 radical (unpaired) electrons. The molecule has 8 aromatic rings. The Hall–Kier alpha value is -3.94. The van der Waals surface area contributed by atoms with Crippen molar-refractivity contribution < 1.29 is 4.84 Å². The molecule has 9 nitrogen and oxygen atoms in total. The van der Waals surface area contributed by atoms with Gasteiger partial charge < -0.3 is 9.82 Å². The fourth-order valence-corrected chi connectivity index (χ4v) is 9.38. The number of benzene rings is 5. The molecule has 10 rings (SSSR count). The van der Waals surface area contributed by atoms with Gasteiger partial charge in [-0.3, -0.25) is 0 Å². The molecule has 268 valence electrons. The number of nitrogens with one attached hydrogen (secondary N) is 1. The van der Waals surface area contributed by atoms with Crippen molar-refractivity contribution in [1.82, 2.24) is 39.6 Å². The van der Waals surface area contributed by atoms with E-state index in [1.54, 1.807) is 4.73 Å². The highest BCUT2D eigenvalue weighted by molar-refractivity contribution is 7.87. The molecule has 3 aromatic heterocycles. The second kappa shape index (κ2) is 13.3. The van der Waals surface area contributed by atoms with Crippen molar-refractivity contribution in [3.05, 3.63) is 78.9 Å². The SMILES string of the molecule is Sc1c(S)c(S)c2c(c1S)-c1nc-2nc2c3ccccc3c(nc3nc(nc4[nH]c(n1)c1c(S)c(S)c(S)c(S)c41)-c1ccccc1-3)n2Oc1ccccc1. The van der Waals surface area contributed by atoms with E-state index < -0.39 is 0 Å². The van der Waals surface area contributed by atoms with Gasteiger partial charge in [-0.05, 0) is 12.1 Å². The molecule has 0 aliphatic carbocycles. The van der Waals surface area contributed by atoms with E-state index in [9.17, 15) is 0 Å². The van der Waals surface area contributed by atoms with Crippen molar-refractivity contribution >= 4 is 145 Å². The second-order valence-corrected chi connectivity index (χ2v) is 16.1. The fourth-order valence-electron chi connectivity index (χ4n) is 6.82. The number of aromatic amines is 1. The van der Waals surface area contributed by atoms with Crippen LogP contribution in [0, 0.1) is 0 Å². The molecule has 2 aliphatic heterocycles. The average Bonchev–Trinajstić information content (AvgIpc) is 3.92. The highest BCUT2D eigenvalue weighted by Gasteiger charge is 2.30. The van der Waals surface area contributed by atoms with Crippen LogP contribution in [0.15, 0.2) is 118 Å². The summed E-state index contributed by atoms with van der Waals surface area (Å²) in [7, 11) is 0. The molecular weight excluding hydrogens is 841 g/mol. The van der Waals surface area contributed by atoms with Crippen LogP contribution in [-0.4, -0.2) is 39.6 Å². The first kappa shape index (κ1) is 35.5. The molecule has 17 heteroatoms. The molecule has 1 N–H and O–H groups in total. The largest absolute Gasteiger partial charge is 0.372 e. The van der Waals surface area contributed by atoms with Gasteiger partial charge in [-0.25, -0.2) is 29.9 Å². The molecule has 0 atom stereocenters. The first-order valence-electron chi connectivity index (χ1n) is 16.4. The smallest absolute Gasteiger partial charge is 0.181 e. The Labute approximate surface area is 356 Å². The number of H-pyrrole nitrogens is 1. The molecule has 8 bridgehead atoms. The molecule has 0 fully saturated rings. The van der Waals surface area contributed by atoms with E-state index in [2.05, 4.69) is 4.98 Å². The summed E-state index contributed by atoms with van der Waals surface area (Å²) >= 11 is 38.7. The molecule has 55 heavy (non-hydrogen) atoms. The Morgan fingerprint density at radius 2 is 0.836 bits per heavy atom. The zero-order chi connectivity index (χ0) is 37.9. The molecule has 5 aromatic carbocycles. The van der Waals surface area contributed by atoms with Gasteiger partial charge in [0.2, 0.25) is 0 Å². The van der Waals surface area contributed by atoms with Crippen LogP contribution in [0.3, 0.4) is 0 Å². The van der Waals surface area contributed by atoms with Gasteiger partial charge in [-0.1, -0.05) is 66.7 Å². The Kier molecular flexibility index (Phi) is 8.60. The Bertz CT molecular complexity index is 3190. The number of nitrogens with zero attached hydrogens (tertiary/aromatic N) is 7. The zero-order valence-corrected chi connectivity index (χ0v) is 34.8. The first-order valence-corrected chi connectivity index (χ1v) is 19.9. The minimum Gasteiger partial charge on any atom is -0.372 e. The molecule has 0 amide bonds. The Morgan fingerprint density at radius 3 is 1.40 bits per heavy atom. The highest BCUT2D eigenvalue weighted by atomic mass is 32.1. The van der Waals surface area contributed by atoms with Gasteiger partial charge in [0.1, 0.15) is 11.3 Å². The summed E-state index contributed by atoms with van der Waals surface area (Å²) in [4.78, 5) is 45.0. The van der Waals surface area contributed by atoms with Crippen LogP contribution in [0.25, 0.3) is 89.7 Å². The van der Waals surface area contributed by atoms with Crippen molar-refractivity contribution in [1.29, 1.82) is 0 Å². The van der Waals surface area contributed by atoms with Gasteiger partial charge in [0.05, 0.1) is 0 Å². The van der Waals surface area contributed by atoms with Crippen LogP contribution >= 0.6 is 101 Å². The predicted octanol–water partition coefficient (Wildman–Crippen LogP) is 10.5. The van der Waals surface area contributed by atoms with E-state index in [4.69, 9.17) is 136 Å². The maximum atomic E-state index is 6.64. The van der Waals surface area contributed by atoms with Gasteiger partial charge in [-0.15, -0.1) is 106 Å². The third kappa shape index (κ3) is 5.42. The highest BCUT2D eigenvalue weighted by Crippen LogP contribution is 2.49. The lowest BCUT2D eigenvalue weighted by molar-refractivity contribution is 0.238. The molecule has 0 spiro atoms. The predicted molar refractivity (Wildman–Crippen MR) is 240 cm³/mol. The number of aromatic nitrogens is 8. The van der Waals surface area contributed by atoms with E-state index in [-0.39, 0.29) is 0 Å². The van der Waals surface area contributed by atoms with Gasteiger partial charge >= 0.3 is 0 Å². The molecule has 0 unspecified atom stereocenters. The molecular formula is C38H22N8OS8. The Morgan fingerprint density at radius 1 is 0.418 bits per heavy atom. The first-order chi connectivity index (χ1) is 26.6. The van der Waals surface area contributed by atoms with Crippen LogP contribution in [0.2, 0.25) is 0 Å². The topological polar surface area (TPSA) is 107 Å². The van der Waals surface area contributed by atoms with E-state index in [1.807, 2.05) is 78.9 Å². The number of hydrogen-bond donors (Lipinski definition) is 9. The van der Waals surface area contributed by atoms with Gasteiger partial charge in [0.25, 0.3) is 0 Å². The Balaban J connectivity index is 1.48. The summed E-state index contributed by atoms with van der Waals surface area (Å²) in [5.41, 5.74) is 4.40. The maximum absolute atomic E-state index is 6.64. The lowest BCUT2D eigenvalue weighted by Gasteiger charge is -2.12. The third-order valence-corrected chi connectivity index (χ3v) is 14.0. The summed E-state index contributed by atoms with van der Waals surface area (Å²) in [5, 5.41) is 2.76. The molecule has 5 heterocycles. The quantitative estimate of drug-likeness (QED) is 0.0797. The number of fused-ring (bicyclic) bond motifs is 20. The summed E-state index contributed by atoms with van der Waals surface area (Å²) in [5.74, 6) is 2.01. The van der Waals surface area contributed by atoms with E-state index in [1.165, 1.54) is 0 Å². The van der Waals surface area contributed by atoms with Crippen molar-refractivity contribution in [2.75, 3.05) is 0 Å². The average molecular weight is 863 g/mol.